The van der Waals surface area contributed by atoms with Crippen LogP contribution in [0.3, 0.4) is 0 Å². The number of carbonyl (C=O) groups excluding carboxylic acids is 1. The standard InChI is InChI=1S/C12H19N3O2S/c1-9(2)15-10(12(16)17-3)5-7-18-11-4-6-13-8-14-11/h4,6,8-10,15H,5,7H2,1-3H3. The van der Waals surface area contributed by atoms with Gasteiger partial charge in [0.05, 0.1) is 12.1 Å². The molecule has 1 N–H and O–H groups in total. The molecule has 1 aromatic rings. The second-order valence-electron chi connectivity index (χ2n) is 4.08. The molecule has 0 radical (unpaired) electrons. The highest BCUT2D eigenvalue weighted by atomic mass is 32.2. The summed E-state index contributed by atoms with van der Waals surface area (Å²) < 4.78 is 4.78. The number of hydrogen-bond acceptors (Lipinski definition) is 6. The van der Waals surface area contributed by atoms with Crippen LogP contribution in [0.25, 0.3) is 0 Å². The summed E-state index contributed by atoms with van der Waals surface area (Å²) in [4.78, 5) is 19.5. The summed E-state index contributed by atoms with van der Waals surface area (Å²) in [7, 11) is 1.41. The van der Waals surface area contributed by atoms with Crippen molar-refractivity contribution in [3.63, 3.8) is 0 Å². The Morgan fingerprint density at radius 1 is 1.56 bits per heavy atom. The molecule has 0 saturated carbocycles. The molecule has 0 aliphatic rings. The number of carbonyl (C=O) groups is 1. The van der Waals surface area contributed by atoms with Crippen molar-refractivity contribution < 1.29 is 9.53 Å². The smallest absolute Gasteiger partial charge is 0.322 e. The molecule has 18 heavy (non-hydrogen) atoms. The van der Waals surface area contributed by atoms with E-state index >= 15 is 0 Å². The minimum absolute atomic E-state index is 0.216. The number of rotatable bonds is 7. The Morgan fingerprint density at radius 2 is 2.33 bits per heavy atom. The van der Waals surface area contributed by atoms with Crippen LogP contribution >= 0.6 is 11.8 Å². The summed E-state index contributed by atoms with van der Waals surface area (Å²) in [5.74, 6) is 0.586. The van der Waals surface area contributed by atoms with Crippen molar-refractivity contribution in [2.24, 2.45) is 0 Å². The Balaban J connectivity index is 2.40. The van der Waals surface area contributed by atoms with Gasteiger partial charge < -0.3 is 10.1 Å². The Bertz CT molecular complexity index is 360. The first kappa shape index (κ1) is 14.9. The topological polar surface area (TPSA) is 64.1 Å². The number of nitrogens with one attached hydrogen (secondary N) is 1. The SMILES string of the molecule is COC(=O)C(CCSc1ccncn1)NC(C)C. The predicted octanol–water partition coefficient (Wildman–Crippen LogP) is 1.50. The molecule has 1 unspecified atom stereocenters. The molecule has 0 fully saturated rings. The number of esters is 1. The van der Waals surface area contributed by atoms with E-state index in [2.05, 4.69) is 15.3 Å². The van der Waals surface area contributed by atoms with Crippen molar-refractivity contribution in [3.05, 3.63) is 18.6 Å². The van der Waals surface area contributed by atoms with Gasteiger partial charge in [-0.1, -0.05) is 13.8 Å². The van der Waals surface area contributed by atoms with Crippen LogP contribution in [-0.2, 0) is 9.53 Å². The van der Waals surface area contributed by atoms with E-state index in [0.717, 1.165) is 10.8 Å². The van der Waals surface area contributed by atoms with Crippen LogP contribution in [0.5, 0.6) is 0 Å². The van der Waals surface area contributed by atoms with Gasteiger partial charge in [0.25, 0.3) is 0 Å². The van der Waals surface area contributed by atoms with Crippen LogP contribution in [0.2, 0.25) is 0 Å². The third-order valence-electron chi connectivity index (χ3n) is 2.23. The molecule has 1 rings (SSSR count). The zero-order chi connectivity index (χ0) is 13.4. The van der Waals surface area contributed by atoms with Crippen LogP contribution in [0.4, 0.5) is 0 Å². The van der Waals surface area contributed by atoms with E-state index in [9.17, 15) is 4.79 Å². The maximum absolute atomic E-state index is 11.6. The highest BCUT2D eigenvalue weighted by molar-refractivity contribution is 7.99. The monoisotopic (exact) mass is 269 g/mol. The quantitative estimate of drug-likeness (QED) is 0.460. The largest absolute Gasteiger partial charge is 0.468 e. The average Bonchev–Trinajstić information content (AvgIpc) is 2.37. The number of thioether (sulfide) groups is 1. The van der Waals surface area contributed by atoms with Crippen LogP contribution < -0.4 is 5.32 Å². The summed E-state index contributed by atoms with van der Waals surface area (Å²) >= 11 is 1.60. The minimum Gasteiger partial charge on any atom is -0.468 e. The lowest BCUT2D eigenvalue weighted by Crippen LogP contribution is -2.41. The number of hydrogen-bond donors (Lipinski definition) is 1. The average molecular weight is 269 g/mol. The first-order valence-electron chi connectivity index (χ1n) is 5.86. The molecular formula is C12H19N3O2S. The lowest BCUT2D eigenvalue weighted by Gasteiger charge is -2.18. The van der Waals surface area contributed by atoms with E-state index in [4.69, 9.17) is 4.74 Å². The molecule has 0 bridgehead atoms. The summed E-state index contributed by atoms with van der Waals surface area (Å²) in [5.41, 5.74) is 0. The fourth-order valence-electron chi connectivity index (χ4n) is 1.46. The Morgan fingerprint density at radius 3 is 2.89 bits per heavy atom. The number of aromatic nitrogens is 2. The minimum atomic E-state index is -0.260. The van der Waals surface area contributed by atoms with Gasteiger partial charge in [-0.05, 0) is 12.5 Å². The van der Waals surface area contributed by atoms with Gasteiger partial charge in [0.2, 0.25) is 0 Å². The Kier molecular flexibility index (Phi) is 6.67. The maximum Gasteiger partial charge on any atom is 0.322 e. The van der Waals surface area contributed by atoms with Gasteiger partial charge in [-0.2, -0.15) is 0 Å². The van der Waals surface area contributed by atoms with Gasteiger partial charge in [0, 0.05) is 18.0 Å². The highest BCUT2D eigenvalue weighted by Gasteiger charge is 2.19. The zero-order valence-electron chi connectivity index (χ0n) is 10.9. The molecule has 0 aliphatic heterocycles. The first-order valence-corrected chi connectivity index (χ1v) is 6.84. The lowest BCUT2D eigenvalue weighted by molar-refractivity contribution is -0.143. The van der Waals surface area contributed by atoms with E-state index in [1.807, 2.05) is 19.9 Å². The van der Waals surface area contributed by atoms with Crippen molar-refractivity contribution in [1.29, 1.82) is 0 Å². The van der Waals surface area contributed by atoms with E-state index in [-0.39, 0.29) is 18.1 Å². The molecule has 6 heteroatoms. The van der Waals surface area contributed by atoms with E-state index in [0.29, 0.717) is 6.42 Å². The molecule has 0 amide bonds. The van der Waals surface area contributed by atoms with Gasteiger partial charge in [-0.25, -0.2) is 9.97 Å². The van der Waals surface area contributed by atoms with Crippen LogP contribution in [0.1, 0.15) is 20.3 Å². The molecule has 1 heterocycles. The molecule has 0 spiro atoms. The molecule has 0 saturated heterocycles. The number of ether oxygens (including phenoxy) is 1. The summed E-state index contributed by atoms with van der Waals surface area (Å²) in [6.45, 7) is 4.01. The molecule has 0 aliphatic carbocycles. The number of methoxy groups -OCH3 is 1. The third-order valence-corrected chi connectivity index (χ3v) is 3.21. The molecule has 1 aromatic heterocycles. The fourth-order valence-corrected chi connectivity index (χ4v) is 2.30. The van der Waals surface area contributed by atoms with Gasteiger partial charge in [0.1, 0.15) is 12.4 Å². The first-order chi connectivity index (χ1) is 8.63. The molecule has 1 atom stereocenters. The third kappa shape index (κ3) is 5.46. The van der Waals surface area contributed by atoms with Gasteiger partial charge in [0.15, 0.2) is 0 Å². The van der Waals surface area contributed by atoms with Crippen molar-refractivity contribution in [3.8, 4) is 0 Å². The van der Waals surface area contributed by atoms with E-state index < -0.39 is 0 Å². The van der Waals surface area contributed by atoms with Crippen LogP contribution in [0, 0.1) is 0 Å². The van der Waals surface area contributed by atoms with E-state index in [1.165, 1.54) is 13.4 Å². The Labute approximate surface area is 112 Å². The van der Waals surface area contributed by atoms with Gasteiger partial charge >= 0.3 is 5.97 Å². The molecule has 0 aromatic carbocycles. The predicted molar refractivity (Wildman–Crippen MR) is 71.4 cm³/mol. The van der Waals surface area contributed by atoms with Crippen molar-refractivity contribution in [2.75, 3.05) is 12.9 Å². The fraction of sp³-hybridized carbons (Fsp3) is 0.583. The zero-order valence-corrected chi connectivity index (χ0v) is 11.7. The maximum atomic E-state index is 11.6. The van der Waals surface area contributed by atoms with Gasteiger partial charge in [-0.3, -0.25) is 4.79 Å². The van der Waals surface area contributed by atoms with Crippen LogP contribution in [-0.4, -0.2) is 40.9 Å². The summed E-state index contributed by atoms with van der Waals surface area (Å²) in [5, 5.41) is 4.11. The molecule has 100 valence electrons. The second-order valence-corrected chi connectivity index (χ2v) is 5.20. The van der Waals surface area contributed by atoms with E-state index in [1.54, 1.807) is 18.0 Å². The van der Waals surface area contributed by atoms with Crippen molar-refractivity contribution in [1.82, 2.24) is 15.3 Å². The van der Waals surface area contributed by atoms with Crippen molar-refractivity contribution >= 4 is 17.7 Å². The Hall–Kier alpha value is -1.14. The highest BCUT2D eigenvalue weighted by Crippen LogP contribution is 2.15. The summed E-state index contributed by atoms with van der Waals surface area (Å²) in [6, 6.07) is 1.84. The second kappa shape index (κ2) is 8.05. The van der Waals surface area contributed by atoms with Crippen LogP contribution in [0.15, 0.2) is 23.6 Å². The lowest BCUT2D eigenvalue weighted by atomic mass is 10.2. The van der Waals surface area contributed by atoms with Crippen molar-refractivity contribution in [2.45, 2.75) is 37.4 Å². The molecular weight excluding hydrogens is 250 g/mol. The molecule has 5 nitrogen and oxygen atoms in total. The number of nitrogens with zero attached hydrogens (tertiary/aromatic N) is 2. The van der Waals surface area contributed by atoms with Gasteiger partial charge in [-0.15, -0.1) is 11.8 Å². The summed E-state index contributed by atoms with van der Waals surface area (Å²) in [6.07, 6.45) is 3.94. The normalized spacial score (nSPS) is 12.4.